The van der Waals surface area contributed by atoms with Crippen LogP contribution in [0.1, 0.15) is 20.8 Å². The van der Waals surface area contributed by atoms with Gasteiger partial charge < -0.3 is 5.11 Å². The molecule has 0 aromatic rings. The van der Waals surface area contributed by atoms with Crippen molar-refractivity contribution < 1.29 is 5.11 Å². The molecule has 5 heteroatoms. The molecule has 0 atom stereocenters. The van der Waals surface area contributed by atoms with E-state index in [-0.39, 0.29) is 6.61 Å². The Morgan fingerprint density at radius 1 is 0.800 bits per heavy atom. The molecule has 0 spiro atoms. The Labute approximate surface area is 107 Å². The summed E-state index contributed by atoms with van der Waals surface area (Å²) in [7, 11) is 0. The predicted molar refractivity (Wildman–Crippen MR) is 75.5 cm³/mol. The molecule has 0 radical (unpaired) electrons. The molecule has 0 bridgehead atoms. The highest BCUT2D eigenvalue weighted by atomic mass is 32.2. The molecular formula is C10H12OS4. The molecule has 0 saturated carbocycles. The van der Waals surface area contributed by atoms with Crippen LogP contribution >= 0.6 is 47.0 Å². The largest absolute Gasteiger partial charge is 0.391 e. The molecule has 0 unspecified atom stereocenters. The zero-order valence-corrected chi connectivity index (χ0v) is 12.1. The van der Waals surface area contributed by atoms with Crippen LogP contribution < -0.4 is 0 Å². The van der Waals surface area contributed by atoms with Gasteiger partial charge in [-0.25, -0.2) is 0 Å². The smallest absolute Gasteiger partial charge is 0.0752 e. The van der Waals surface area contributed by atoms with E-state index in [1.54, 1.807) is 23.5 Å². The highest BCUT2D eigenvalue weighted by Gasteiger charge is 2.25. The maximum atomic E-state index is 9.16. The van der Waals surface area contributed by atoms with Crippen molar-refractivity contribution in [1.29, 1.82) is 0 Å². The van der Waals surface area contributed by atoms with Crippen LogP contribution in [0.25, 0.3) is 0 Å². The lowest BCUT2D eigenvalue weighted by Gasteiger charge is -2.01. The molecule has 15 heavy (non-hydrogen) atoms. The first-order valence-electron chi connectivity index (χ1n) is 4.55. The van der Waals surface area contributed by atoms with Gasteiger partial charge in [-0.05, 0) is 35.5 Å². The minimum atomic E-state index is 0.168. The zero-order valence-electron chi connectivity index (χ0n) is 8.79. The van der Waals surface area contributed by atoms with E-state index < -0.39 is 0 Å². The van der Waals surface area contributed by atoms with Crippen LogP contribution in [-0.2, 0) is 0 Å². The van der Waals surface area contributed by atoms with Gasteiger partial charge in [0.1, 0.15) is 0 Å². The van der Waals surface area contributed by atoms with E-state index in [0.717, 1.165) is 4.91 Å². The lowest BCUT2D eigenvalue weighted by molar-refractivity contribution is 0.339. The van der Waals surface area contributed by atoms with Gasteiger partial charge in [-0.3, -0.25) is 0 Å². The molecule has 1 nitrogen and oxygen atoms in total. The molecule has 0 aromatic carbocycles. The quantitative estimate of drug-likeness (QED) is 0.756. The van der Waals surface area contributed by atoms with E-state index in [0.29, 0.717) is 0 Å². The third-order valence-corrected chi connectivity index (χ3v) is 7.94. The predicted octanol–water partition coefficient (Wildman–Crippen LogP) is 4.55. The standard InChI is InChI=1S/C10H12OS4/c1-5-6(2)13-9(12-5)10-14-7(3)8(4-11)15-10/h11H,4H2,1-3H3. The van der Waals surface area contributed by atoms with Gasteiger partial charge in [0.05, 0.1) is 15.1 Å². The van der Waals surface area contributed by atoms with Crippen LogP contribution in [0.3, 0.4) is 0 Å². The van der Waals surface area contributed by atoms with Crippen LogP contribution in [0, 0.1) is 0 Å². The Bertz CT molecular complexity index is 376. The fraction of sp³-hybridized carbons (Fsp3) is 0.400. The monoisotopic (exact) mass is 276 g/mol. The van der Waals surface area contributed by atoms with Crippen molar-refractivity contribution in [3.63, 3.8) is 0 Å². The average molecular weight is 276 g/mol. The summed E-state index contributed by atoms with van der Waals surface area (Å²) in [5, 5.41) is 9.16. The number of aliphatic hydroxyl groups excluding tert-OH is 1. The second-order valence-electron chi connectivity index (χ2n) is 3.23. The van der Waals surface area contributed by atoms with Crippen molar-refractivity contribution >= 4 is 47.0 Å². The van der Waals surface area contributed by atoms with Crippen molar-refractivity contribution in [1.82, 2.24) is 0 Å². The zero-order chi connectivity index (χ0) is 11.0. The molecule has 2 heterocycles. The van der Waals surface area contributed by atoms with Gasteiger partial charge >= 0.3 is 0 Å². The number of hydrogen-bond donors (Lipinski definition) is 1. The van der Waals surface area contributed by atoms with Crippen LogP contribution in [0.5, 0.6) is 0 Å². The molecule has 2 rings (SSSR count). The van der Waals surface area contributed by atoms with E-state index in [1.165, 1.54) is 23.2 Å². The second kappa shape index (κ2) is 4.84. The molecule has 82 valence electrons. The SMILES string of the molecule is CC1=C(C)SC(=C2SC(C)=C(CO)S2)S1. The maximum absolute atomic E-state index is 9.16. The molecular weight excluding hydrogens is 264 g/mol. The molecule has 1 N–H and O–H groups in total. The number of thioether (sulfide) groups is 4. The summed E-state index contributed by atoms with van der Waals surface area (Å²) in [5.74, 6) is 0. The first-order chi connectivity index (χ1) is 7.11. The highest BCUT2D eigenvalue weighted by molar-refractivity contribution is 8.34. The molecule has 0 saturated heterocycles. The average Bonchev–Trinajstić information content (AvgIpc) is 2.71. The lowest BCUT2D eigenvalue weighted by atomic mass is 10.5. The number of allylic oxidation sites excluding steroid dienone is 3. The summed E-state index contributed by atoms with van der Waals surface area (Å²) in [6.07, 6.45) is 0. The summed E-state index contributed by atoms with van der Waals surface area (Å²) in [6.45, 7) is 6.57. The summed E-state index contributed by atoms with van der Waals surface area (Å²) < 4.78 is 2.71. The third-order valence-electron chi connectivity index (χ3n) is 2.15. The van der Waals surface area contributed by atoms with Crippen LogP contribution in [-0.4, -0.2) is 11.7 Å². The Morgan fingerprint density at radius 2 is 1.27 bits per heavy atom. The highest BCUT2D eigenvalue weighted by Crippen LogP contribution is 2.59. The Morgan fingerprint density at radius 3 is 1.73 bits per heavy atom. The topological polar surface area (TPSA) is 20.2 Å². The van der Waals surface area contributed by atoms with E-state index in [4.69, 9.17) is 5.11 Å². The molecule has 0 aliphatic carbocycles. The van der Waals surface area contributed by atoms with E-state index in [1.807, 2.05) is 23.5 Å². The van der Waals surface area contributed by atoms with Gasteiger partial charge in [0.2, 0.25) is 0 Å². The van der Waals surface area contributed by atoms with E-state index in [9.17, 15) is 0 Å². The van der Waals surface area contributed by atoms with Gasteiger partial charge in [-0.2, -0.15) is 0 Å². The molecule has 2 aliphatic heterocycles. The molecule has 0 fully saturated rings. The minimum absolute atomic E-state index is 0.168. The minimum Gasteiger partial charge on any atom is -0.391 e. The van der Waals surface area contributed by atoms with Gasteiger partial charge in [0.15, 0.2) is 0 Å². The van der Waals surface area contributed by atoms with E-state index >= 15 is 0 Å². The fourth-order valence-electron chi connectivity index (χ4n) is 1.15. The van der Waals surface area contributed by atoms with Crippen molar-refractivity contribution in [2.45, 2.75) is 20.8 Å². The summed E-state index contributed by atoms with van der Waals surface area (Å²) in [6, 6.07) is 0. The molecule has 2 aliphatic rings. The first kappa shape index (κ1) is 12.0. The third kappa shape index (κ3) is 2.47. The van der Waals surface area contributed by atoms with Crippen molar-refractivity contribution in [3.8, 4) is 0 Å². The molecule has 0 aromatic heterocycles. The number of hydrogen-bond acceptors (Lipinski definition) is 5. The van der Waals surface area contributed by atoms with Crippen molar-refractivity contribution in [3.05, 3.63) is 28.1 Å². The van der Waals surface area contributed by atoms with Crippen molar-refractivity contribution in [2.75, 3.05) is 6.61 Å². The lowest BCUT2D eigenvalue weighted by Crippen LogP contribution is -1.81. The summed E-state index contributed by atoms with van der Waals surface area (Å²) >= 11 is 7.23. The Hall–Kier alpha value is 0.580. The second-order valence-corrected chi connectivity index (χ2v) is 8.53. The van der Waals surface area contributed by atoms with Crippen LogP contribution in [0.15, 0.2) is 28.1 Å². The van der Waals surface area contributed by atoms with Gasteiger partial charge in [-0.1, -0.05) is 47.0 Å². The number of rotatable bonds is 1. The maximum Gasteiger partial charge on any atom is 0.0752 e. The van der Waals surface area contributed by atoms with Crippen LogP contribution in [0.4, 0.5) is 0 Å². The normalized spacial score (nSPS) is 22.4. The fourth-order valence-corrected chi connectivity index (χ4v) is 6.48. The van der Waals surface area contributed by atoms with E-state index in [2.05, 4.69) is 20.8 Å². The van der Waals surface area contributed by atoms with Crippen molar-refractivity contribution in [2.24, 2.45) is 0 Å². The summed E-state index contributed by atoms with van der Waals surface area (Å²) in [5.41, 5.74) is 0. The molecule has 0 amide bonds. The first-order valence-corrected chi connectivity index (χ1v) is 7.82. The van der Waals surface area contributed by atoms with Gasteiger partial charge in [-0.15, -0.1) is 0 Å². The van der Waals surface area contributed by atoms with Gasteiger partial charge in [0, 0.05) is 4.91 Å². The Balaban J connectivity index is 2.15. The van der Waals surface area contributed by atoms with Crippen LogP contribution in [0.2, 0.25) is 0 Å². The van der Waals surface area contributed by atoms with Gasteiger partial charge in [0.25, 0.3) is 0 Å². The Kier molecular flexibility index (Phi) is 3.88. The summed E-state index contributed by atoms with van der Waals surface area (Å²) in [4.78, 5) is 5.15. The number of aliphatic hydroxyl groups is 1.